The van der Waals surface area contributed by atoms with Crippen LogP contribution in [0.25, 0.3) is 43.6 Å². The number of fused-ring (bicyclic) bond motifs is 13. The van der Waals surface area contributed by atoms with Crippen LogP contribution in [0.5, 0.6) is 0 Å². The van der Waals surface area contributed by atoms with E-state index in [0.717, 1.165) is 51.3 Å². The molecule has 2 N–H and O–H groups in total. The van der Waals surface area contributed by atoms with Crippen LogP contribution in [0.2, 0.25) is 0 Å². The van der Waals surface area contributed by atoms with Gasteiger partial charge in [0, 0.05) is 41.1 Å². The predicted molar refractivity (Wildman–Crippen MR) is 128 cm³/mol. The van der Waals surface area contributed by atoms with Crippen molar-refractivity contribution in [1.29, 1.82) is 0 Å². The van der Waals surface area contributed by atoms with Gasteiger partial charge in [-0.3, -0.25) is 0 Å². The van der Waals surface area contributed by atoms with Crippen molar-refractivity contribution < 1.29 is 19.4 Å². The SMILES string of the molecule is COC(=O)[C@@]1(O)C[C@H]2O[C@]1(C)n1c3ccccc3c3c4c(c5c6ccccc6n2c5c31)CNC4. The highest BCUT2D eigenvalue weighted by molar-refractivity contribution is 6.25. The van der Waals surface area contributed by atoms with E-state index in [1.165, 1.54) is 23.6 Å². The molecule has 34 heavy (non-hydrogen) atoms. The van der Waals surface area contributed by atoms with Crippen LogP contribution in [0.15, 0.2) is 48.5 Å². The fourth-order valence-electron chi connectivity index (χ4n) is 6.99. The van der Waals surface area contributed by atoms with Gasteiger partial charge in [-0.15, -0.1) is 0 Å². The number of rotatable bonds is 1. The first-order valence-electron chi connectivity index (χ1n) is 11.7. The molecule has 0 amide bonds. The van der Waals surface area contributed by atoms with Gasteiger partial charge in [-0.1, -0.05) is 36.4 Å². The maximum absolute atomic E-state index is 13.1. The molecule has 3 aliphatic heterocycles. The first kappa shape index (κ1) is 19.0. The number of nitrogens with zero attached hydrogens (tertiary/aromatic N) is 2. The number of aromatic nitrogens is 2. The van der Waals surface area contributed by atoms with Gasteiger partial charge in [-0.2, -0.15) is 0 Å². The Kier molecular flexibility index (Phi) is 3.24. The summed E-state index contributed by atoms with van der Waals surface area (Å²) in [6.45, 7) is 3.41. The minimum Gasteiger partial charge on any atom is -0.467 e. The normalized spacial score (nSPS) is 27.3. The highest BCUT2D eigenvalue weighted by Crippen LogP contribution is 2.57. The Labute approximate surface area is 194 Å². The third-order valence-electron chi connectivity index (χ3n) is 8.42. The zero-order valence-corrected chi connectivity index (χ0v) is 18.9. The van der Waals surface area contributed by atoms with Gasteiger partial charge in [0.25, 0.3) is 0 Å². The smallest absolute Gasteiger partial charge is 0.343 e. The van der Waals surface area contributed by atoms with Crippen molar-refractivity contribution in [2.75, 3.05) is 7.11 Å². The van der Waals surface area contributed by atoms with E-state index in [9.17, 15) is 9.90 Å². The van der Waals surface area contributed by atoms with Crippen LogP contribution in [-0.4, -0.2) is 32.9 Å². The molecule has 0 aliphatic carbocycles. The molecule has 3 atom stereocenters. The first-order valence-corrected chi connectivity index (χ1v) is 11.7. The summed E-state index contributed by atoms with van der Waals surface area (Å²) in [6, 6.07) is 16.6. The Morgan fingerprint density at radius 2 is 1.65 bits per heavy atom. The van der Waals surface area contributed by atoms with Crippen LogP contribution in [0.4, 0.5) is 0 Å². The molecule has 3 aromatic carbocycles. The van der Waals surface area contributed by atoms with Crippen LogP contribution in [0, 0.1) is 0 Å². The molecule has 5 aromatic rings. The zero-order chi connectivity index (χ0) is 23.0. The van der Waals surface area contributed by atoms with E-state index < -0.39 is 23.5 Å². The molecule has 1 fully saturated rings. The largest absolute Gasteiger partial charge is 0.467 e. The summed E-state index contributed by atoms with van der Waals surface area (Å²) >= 11 is 0. The molecule has 0 unspecified atom stereocenters. The number of ether oxygens (including phenoxy) is 2. The van der Waals surface area contributed by atoms with Crippen molar-refractivity contribution in [1.82, 2.24) is 14.5 Å². The Bertz CT molecular complexity index is 1750. The van der Waals surface area contributed by atoms with E-state index in [1.807, 2.05) is 31.2 Å². The second kappa shape index (κ2) is 5.81. The number of para-hydroxylation sites is 2. The van der Waals surface area contributed by atoms with Gasteiger partial charge in [-0.25, -0.2) is 4.79 Å². The van der Waals surface area contributed by atoms with Gasteiger partial charge >= 0.3 is 5.97 Å². The molecule has 1 saturated heterocycles. The maximum Gasteiger partial charge on any atom is 0.343 e. The number of benzene rings is 3. The number of esters is 1. The molecular weight excluding hydrogens is 430 g/mol. The number of carbonyl (C=O) groups is 1. The Balaban J connectivity index is 1.72. The van der Waals surface area contributed by atoms with E-state index in [4.69, 9.17) is 9.47 Å². The van der Waals surface area contributed by atoms with Crippen molar-refractivity contribution in [2.24, 2.45) is 0 Å². The van der Waals surface area contributed by atoms with Crippen LogP contribution in [0.1, 0.15) is 30.7 Å². The molecule has 3 aliphatic rings. The Hall–Kier alpha value is -3.39. The van der Waals surface area contributed by atoms with Gasteiger partial charge in [0.05, 0.1) is 29.2 Å². The maximum atomic E-state index is 13.1. The van der Waals surface area contributed by atoms with Crippen molar-refractivity contribution >= 4 is 49.6 Å². The fraction of sp³-hybridized carbons (Fsp3) is 0.296. The summed E-state index contributed by atoms with van der Waals surface area (Å²) in [5.41, 5.74) is 3.49. The Morgan fingerprint density at radius 3 is 2.35 bits per heavy atom. The fourth-order valence-corrected chi connectivity index (χ4v) is 6.99. The molecule has 5 heterocycles. The minimum atomic E-state index is -1.85. The molecule has 7 heteroatoms. The van der Waals surface area contributed by atoms with E-state index in [-0.39, 0.29) is 6.42 Å². The van der Waals surface area contributed by atoms with E-state index >= 15 is 0 Å². The number of carbonyl (C=O) groups excluding carboxylic acids is 1. The number of hydrogen-bond donors (Lipinski definition) is 2. The average molecular weight is 453 g/mol. The molecule has 170 valence electrons. The molecule has 2 bridgehead atoms. The highest BCUT2D eigenvalue weighted by Gasteiger charge is 2.65. The monoisotopic (exact) mass is 453 g/mol. The second-order valence-corrected chi connectivity index (χ2v) is 9.86. The second-order valence-electron chi connectivity index (χ2n) is 9.86. The van der Waals surface area contributed by atoms with Crippen molar-refractivity contribution in [3.8, 4) is 0 Å². The standard InChI is InChI=1S/C27H23N3O4/c1-26-27(32,25(31)33-2)11-20(34-26)29-18-9-5-3-7-14(18)21-16-12-28-13-17(16)22-15-8-4-6-10-19(15)30(26)24(22)23(21)29/h3-10,20,28,32H,11-13H2,1-2H3/t20-,26+,27+/m1/s1. The van der Waals surface area contributed by atoms with E-state index in [0.29, 0.717) is 0 Å². The van der Waals surface area contributed by atoms with E-state index in [1.54, 1.807) is 0 Å². The van der Waals surface area contributed by atoms with Gasteiger partial charge in [0.15, 0.2) is 5.72 Å². The van der Waals surface area contributed by atoms with Crippen LogP contribution >= 0.6 is 0 Å². The van der Waals surface area contributed by atoms with Gasteiger partial charge in [-0.05, 0) is 30.2 Å². The van der Waals surface area contributed by atoms with Crippen molar-refractivity contribution in [3.63, 3.8) is 0 Å². The quantitative estimate of drug-likeness (QED) is 0.375. The lowest BCUT2D eigenvalue weighted by Gasteiger charge is -2.37. The molecule has 7 nitrogen and oxygen atoms in total. The van der Waals surface area contributed by atoms with Crippen molar-refractivity contribution in [3.05, 3.63) is 59.7 Å². The third-order valence-corrected chi connectivity index (χ3v) is 8.42. The van der Waals surface area contributed by atoms with Gasteiger partial charge in [0.1, 0.15) is 6.23 Å². The topological polar surface area (TPSA) is 77.7 Å². The van der Waals surface area contributed by atoms with Crippen molar-refractivity contribution in [2.45, 2.75) is 44.0 Å². The van der Waals surface area contributed by atoms with Gasteiger partial charge < -0.3 is 29.0 Å². The van der Waals surface area contributed by atoms with E-state index in [2.05, 4.69) is 38.7 Å². The first-order chi connectivity index (χ1) is 16.5. The number of aliphatic hydroxyl groups is 1. The number of hydrogen-bond acceptors (Lipinski definition) is 5. The predicted octanol–water partition coefficient (Wildman–Crippen LogP) is 4.01. The average Bonchev–Trinajstić information content (AvgIpc) is 3.57. The molecular formula is C27H23N3O4. The molecule has 8 rings (SSSR count). The highest BCUT2D eigenvalue weighted by atomic mass is 16.6. The zero-order valence-electron chi connectivity index (χ0n) is 18.9. The third kappa shape index (κ3) is 1.82. The molecule has 2 aromatic heterocycles. The molecule has 0 spiro atoms. The lowest BCUT2D eigenvalue weighted by atomic mass is 9.88. The minimum absolute atomic E-state index is 0.104. The lowest BCUT2D eigenvalue weighted by Crippen LogP contribution is -2.56. The summed E-state index contributed by atoms with van der Waals surface area (Å²) < 4.78 is 16.1. The summed E-state index contributed by atoms with van der Waals surface area (Å²) in [7, 11) is 1.32. The number of nitrogens with one attached hydrogen (secondary N) is 1. The summed E-state index contributed by atoms with van der Waals surface area (Å²) in [6.07, 6.45) is -0.419. The van der Waals surface area contributed by atoms with Crippen LogP contribution in [-0.2, 0) is 33.1 Å². The Morgan fingerprint density at radius 1 is 1.03 bits per heavy atom. The lowest BCUT2D eigenvalue weighted by molar-refractivity contribution is -0.202. The summed E-state index contributed by atoms with van der Waals surface area (Å²) in [4.78, 5) is 13.1. The summed E-state index contributed by atoms with van der Waals surface area (Å²) in [5, 5.41) is 20.2. The number of methoxy groups -OCH3 is 1. The van der Waals surface area contributed by atoms with Crippen LogP contribution < -0.4 is 5.32 Å². The molecule has 0 radical (unpaired) electrons. The summed E-state index contributed by atoms with van der Waals surface area (Å²) in [5.74, 6) is -0.678. The van der Waals surface area contributed by atoms with Crippen LogP contribution in [0.3, 0.4) is 0 Å². The molecule has 0 saturated carbocycles. The van der Waals surface area contributed by atoms with Gasteiger partial charge in [0.2, 0.25) is 5.60 Å².